The van der Waals surface area contributed by atoms with E-state index in [2.05, 4.69) is 0 Å². The molecule has 1 N–H and O–H groups in total. The number of halogens is 1. The molecule has 2 aromatic carbocycles. The van der Waals surface area contributed by atoms with Gasteiger partial charge in [-0.05, 0) is 50.5 Å². The molecule has 0 atom stereocenters. The summed E-state index contributed by atoms with van der Waals surface area (Å²) in [5, 5.41) is 9.86. The van der Waals surface area contributed by atoms with Crippen LogP contribution in [0.5, 0.6) is 0 Å². The highest BCUT2D eigenvalue weighted by molar-refractivity contribution is 5.95. The van der Waals surface area contributed by atoms with Crippen molar-refractivity contribution in [3.63, 3.8) is 0 Å². The number of aryl methyl sites for hydroxylation is 1. The average Bonchev–Trinajstić information content (AvgIpc) is 2.59. The summed E-state index contributed by atoms with van der Waals surface area (Å²) in [6.07, 6.45) is 1.30. The summed E-state index contributed by atoms with van der Waals surface area (Å²) in [4.78, 5) is 14.4. The molecule has 1 saturated heterocycles. The third-order valence-corrected chi connectivity index (χ3v) is 4.77. The van der Waals surface area contributed by atoms with Crippen molar-refractivity contribution in [1.82, 2.24) is 4.90 Å². The maximum absolute atomic E-state index is 13.6. The predicted octanol–water partition coefficient (Wildman–Crippen LogP) is 3.57. The number of aliphatic hydroxyl groups is 1. The van der Waals surface area contributed by atoms with Gasteiger partial charge in [0.05, 0.1) is 18.3 Å². The number of carbonyl (C=O) groups is 1. The smallest absolute Gasteiger partial charge is 0.254 e. The third kappa shape index (κ3) is 5.37. The van der Waals surface area contributed by atoms with Gasteiger partial charge >= 0.3 is 0 Å². The Balaban J connectivity index is 1.49. The van der Waals surface area contributed by atoms with Crippen molar-refractivity contribution >= 4 is 5.91 Å². The molecule has 0 radical (unpaired) electrons. The normalized spacial score (nSPS) is 14.9. The van der Waals surface area contributed by atoms with E-state index in [4.69, 9.17) is 4.74 Å². The number of hydrogen-bond acceptors (Lipinski definition) is 3. The second kappa shape index (κ2) is 8.19. The summed E-state index contributed by atoms with van der Waals surface area (Å²) >= 11 is 0. The van der Waals surface area contributed by atoms with Crippen LogP contribution in [0.3, 0.4) is 0 Å². The first kappa shape index (κ1) is 19.5. The molecular formula is C22H26FNO3. The van der Waals surface area contributed by atoms with Crippen molar-refractivity contribution in [3.8, 4) is 0 Å². The molecule has 3 rings (SSSR count). The monoisotopic (exact) mass is 371 g/mol. The Labute approximate surface area is 159 Å². The van der Waals surface area contributed by atoms with Crippen LogP contribution in [0.2, 0.25) is 0 Å². The number of rotatable bonds is 7. The van der Waals surface area contributed by atoms with E-state index in [9.17, 15) is 14.3 Å². The van der Waals surface area contributed by atoms with Gasteiger partial charge in [-0.25, -0.2) is 4.39 Å². The first-order valence-corrected chi connectivity index (χ1v) is 9.27. The zero-order valence-corrected chi connectivity index (χ0v) is 15.8. The second-order valence-electron chi connectivity index (χ2n) is 7.75. The minimum absolute atomic E-state index is 0.0224. The topological polar surface area (TPSA) is 49.8 Å². The Bertz CT molecular complexity index is 794. The largest absolute Gasteiger partial charge is 0.390 e. The fourth-order valence-electron chi connectivity index (χ4n) is 3.03. The first-order chi connectivity index (χ1) is 12.8. The number of benzene rings is 2. The molecule has 1 amide bonds. The molecule has 2 aromatic rings. The lowest BCUT2D eigenvalue weighted by Gasteiger charge is -2.39. The minimum atomic E-state index is -0.722. The van der Waals surface area contributed by atoms with Crippen LogP contribution in [0.25, 0.3) is 0 Å². The van der Waals surface area contributed by atoms with E-state index in [1.165, 1.54) is 6.07 Å². The summed E-state index contributed by atoms with van der Waals surface area (Å²) in [6, 6.07) is 14.1. The molecule has 0 saturated carbocycles. The van der Waals surface area contributed by atoms with Crippen LogP contribution in [0.4, 0.5) is 4.39 Å². The third-order valence-electron chi connectivity index (χ3n) is 4.77. The van der Waals surface area contributed by atoms with E-state index in [0.717, 1.165) is 12.0 Å². The number of likely N-dealkylation sites (tertiary alicyclic amines) is 1. The van der Waals surface area contributed by atoms with Gasteiger partial charge in [0.1, 0.15) is 5.82 Å². The van der Waals surface area contributed by atoms with Crippen LogP contribution in [-0.4, -0.2) is 40.7 Å². The van der Waals surface area contributed by atoms with Gasteiger partial charge in [-0.15, -0.1) is 0 Å². The highest BCUT2D eigenvalue weighted by atomic mass is 19.1. The van der Waals surface area contributed by atoms with Gasteiger partial charge in [0.15, 0.2) is 0 Å². The van der Waals surface area contributed by atoms with E-state index in [1.807, 2.05) is 24.3 Å². The average molecular weight is 371 g/mol. The highest BCUT2D eigenvalue weighted by Gasteiger charge is 2.32. The molecule has 0 bridgehead atoms. The lowest BCUT2D eigenvalue weighted by Crippen LogP contribution is -2.54. The number of amides is 1. The summed E-state index contributed by atoms with van der Waals surface area (Å²) in [7, 11) is 0. The molecule has 1 fully saturated rings. The maximum Gasteiger partial charge on any atom is 0.254 e. The van der Waals surface area contributed by atoms with Crippen LogP contribution >= 0.6 is 0 Å². The van der Waals surface area contributed by atoms with Crippen molar-refractivity contribution in [1.29, 1.82) is 0 Å². The van der Waals surface area contributed by atoms with E-state index in [1.54, 1.807) is 36.9 Å². The van der Waals surface area contributed by atoms with Gasteiger partial charge in [0, 0.05) is 24.2 Å². The Kier molecular flexibility index (Phi) is 5.92. The van der Waals surface area contributed by atoms with E-state index < -0.39 is 5.60 Å². The highest BCUT2D eigenvalue weighted by Crippen LogP contribution is 2.20. The van der Waals surface area contributed by atoms with Crippen molar-refractivity contribution in [2.75, 3.05) is 13.1 Å². The first-order valence-electron chi connectivity index (χ1n) is 9.27. The molecule has 1 aliphatic rings. The van der Waals surface area contributed by atoms with Crippen LogP contribution in [0.1, 0.15) is 41.8 Å². The maximum atomic E-state index is 13.6. The Morgan fingerprint density at radius 2 is 1.96 bits per heavy atom. The van der Waals surface area contributed by atoms with Gasteiger partial charge < -0.3 is 14.7 Å². The molecule has 27 heavy (non-hydrogen) atoms. The molecule has 4 nitrogen and oxygen atoms in total. The standard InChI is InChI=1S/C22H26FNO3/c1-22(2,26)11-10-16-6-5-8-17(12-16)21(25)24-13-19(14-24)27-15-18-7-3-4-9-20(18)23/h3-9,12,19,26H,10-11,13-15H2,1-2H3. The molecule has 144 valence electrons. The fraction of sp³-hybridized carbons (Fsp3) is 0.409. The molecule has 0 aliphatic carbocycles. The van der Waals surface area contributed by atoms with Crippen molar-refractivity contribution in [2.45, 2.75) is 45.0 Å². The van der Waals surface area contributed by atoms with Crippen LogP contribution in [-0.2, 0) is 17.8 Å². The Hall–Kier alpha value is -2.24. The van der Waals surface area contributed by atoms with Crippen LogP contribution in [0, 0.1) is 5.82 Å². The SMILES string of the molecule is CC(C)(O)CCc1cccc(C(=O)N2CC(OCc3ccccc3F)C2)c1. The van der Waals surface area contributed by atoms with Crippen molar-refractivity contribution in [2.24, 2.45) is 0 Å². The molecule has 0 unspecified atom stereocenters. The summed E-state index contributed by atoms with van der Waals surface area (Å²) in [5.41, 5.74) is 1.49. The van der Waals surface area contributed by atoms with Gasteiger partial charge in [-0.3, -0.25) is 4.79 Å². The number of hydrogen-bond donors (Lipinski definition) is 1. The van der Waals surface area contributed by atoms with E-state index >= 15 is 0 Å². The number of ether oxygens (including phenoxy) is 1. The zero-order chi connectivity index (χ0) is 19.4. The quantitative estimate of drug-likeness (QED) is 0.809. The summed E-state index contributed by atoms with van der Waals surface area (Å²) in [5.74, 6) is -0.293. The molecular weight excluding hydrogens is 345 g/mol. The number of nitrogens with zero attached hydrogens (tertiary/aromatic N) is 1. The lowest BCUT2D eigenvalue weighted by molar-refractivity contribution is -0.0509. The van der Waals surface area contributed by atoms with E-state index in [-0.39, 0.29) is 24.4 Å². The lowest BCUT2D eigenvalue weighted by atomic mass is 9.97. The van der Waals surface area contributed by atoms with Crippen LogP contribution < -0.4 is 0 Å². The van der Waals surface area contributed by atoms with Gasteiger partial charge in [0.2, 0.25) is 0 Å². The molecule has 1 aliphatic heterocycles. The fourth-order valence-corrected chi connectivity index (χ4v) is 3.03. The summed E-state index contributed by atoms with van der Waals surface area (Å²) < 4.78 is 19.3. The van der Waals surface area contributed by atoms with Crippen molar-refractivity contribution < 1.29 is 19.0 Å². The van der Waals surface area contributed by atoms with Gasteiger partial charge in [-0.1, -0.05) is 30.3 Å². The summed E-state index contributed by atoms with van der Waals surface area (Å²) in [6.45, 7) is 4.81. The van der Waals surface area contributed by atoms with Gasteiger partial charge in [0.25, 0.3) is 5.91 Å². The van der Waals surface area contributed by atoms with Crippen molar-refractivity contribution in [3.05, 3.63) is 71.0 Å². The Morgan fingerprint density at radius 3 is 2.67 bits per heavy atom. The molecule has 1 heterocycles. The van der Waals surface area contributed by atoms with Crippen LogP contribution in [0.15, 0.2) is 48.5 Å². The van der Waals surface area contributed by atoms with Gasteiger partial charge in [-0.2, -0.15) is 0 Å². The zero-order valence-electron chi connectivity index (χ0n) is 15.8. The molecule has 5 heteroatoms. The molecule has 0 spiro atoms. The Morgan fingerprint density at radius 1 is 1.22 bits per heavy atom. The molecule has 0 aromatic heterocycles. The predicted molar refractivity (Wildman–Crippen MR) is 102 cm³/mol. The minimum Gasteiger partial charge on any atom is -0.390 e. The second-order valence-corrected chi connectivity index (χ2v) is 7.75. The number of carbonyl (C=O) groups excluding carboxylic acids is 1. The van der Waals surface area contributed by atoms with E-state index in [0.29, 0.717) is 30.6 Å².